The van der Waals surface area contributed by atoms with Crippen LogP contribution < -0.4 is 5.32 Å². The Morgan fingerprint density at radius 3 is 2.71 bits per heavy atom. The minimum atomic E-state index is -0.0515. The molecule has 0 saturated heterocycles. The predicted molar refractivity (Wildman–Crippen MR) is 66.1 cm³/mol. The van der Waals surface area contributed by atoms with Gasteiger partial charge in [-0.1, -0.05) is 25.0 Å². The van der Waals surface area contributed by atoms with Gasteiger partial charge in [0.1, 0.15) is 5.83 Å². The Morgan fingerprint density at radius 2 is 2.06 bits per heavy atom. The third kappa shape index (κ3) is 3.18. The summed E-state index contributed by atoms with van der Waals surface area (Å²) in [4.78, 5) is 11.0. The van der Waals surface area contributed by atoms with Gasteiger partial charge >= 0.3 is 0 Å². The molecule has 3 heteroatoms. The molecule has 0 radical (unpaired) electrons. The fourth-order valence-corrected chi connectivity index (χ4v) is 2.81. The second kappa shape index (κ2) is 5.48. The zero-order valence-corrected chi connectivity index (χ0v) is 10.3. The highest BCUT2D eigenvalue weighted by atomic mass is 19.1. The first-order valence-corrected chi connectivity index (χ1v) is 6.50. The second-order valence-corrected chi connectivity index (χ2v) is 5.05. The van der Waals surface area contributed by atoms with Crippen LogP contribution in [0.25, 0.3) is 0 Å². The maximum absolute atomic E-state index is 14.0. The van der Waals surface area contributed by atoms with Crippen LogP contribution in [0.4, 0.5) is 4.39 Å². The minimum Gasteiger partial charge on any atom is -0.350 e. The van der Waals surface area contributed by atoms with E-state index in [2.05, 4.69) is 5.32 Å². The number of amides is 1. The van der Waals surface area contributed by atoms with Gasteiger partial charge in [-0.3, -0.25) is 4.79 Å². The summed E-state index contributed by atoms with van der Waals surface area (Å²) in [6.07, 6.45) is 9.60. The van der Waals surface area contributed by atoms with E-state index in [4.69, 9.17) is 0 Å². The van der Waals surface area contributed by atoms with Crippen molar-refractivity contribution in [3.05, 3.63) is 23.6 Å². The molecule has 0 aromatic heterocycles. The molecule has 0 aromatic carbocycles. The van der Waals surface area contributed by atoms with Gasteiger partial charge in [0.2, 0.25) is 5.91 Å². The Hall–Kier alpha value is -1.12. The van der Waals surface area contributed by atoms with Crippen LogP contribution in [0.5, 0.6) is 0 Å². The second-order valence-electron chi connectivity index (χ2n) is 5.05. The molecule has 0 aromatic rings. The van der Waals surface area contributed by atoms with Gasteiger partial charge in [0.25, 0.3) is 0 Å². The third-order valence-corrected chi connectivity index (χ3v) is 3.68. The zero-order valence-electron chi connectivity index (χ0n) is 10.3. The first kappa shape index (κ1) is 12.3. The molecular weight excluding hydrogens is 217 g/mol. The van der Waals surface area contributed by atoms with Crippen LogP contribution in [-0.2, 0) is 4.79 Å². The summed E-state index contributed by atoms with van der Waals surface area (Å²) in [5.74, 6) is 0.382. The molecule has 2 aliphatic carbocycles. The lowest BCUT2D eigenvalue weighted by atomic mass is 9.96. The Kier molecular flexibility index (Phi) is 3.97. The number of carbonyl (C=O) groups excluding carboxylic acids is 1. The summed E-state index contributed by atoms with van der Waals surface area (Å²) < 4.78 is 14.0. The van der Waals surface area contributed by atoms with E-state index >= 15 is 0 Å². The number of rotatable bonds is 2. The summed E-state index contributed by atoms with van der Waals surface area (Å²) in [6, 6.07) is -0.0165. The van der Waals surface area contributed by atoms with Crippen molar-refractivity contribution >= 4 is 5.91 Å². The fourth-order valence-electron chi connectivity index (χ4n) is 2.81. The van der Waals surface area contributed by atoms with E-state index in [0.29, 0.717) is 18.8 Å². The van der Waals surface area contributed by atoms with Crippen molar-refractivity contribution < 1.29 is 9.18 Å². The molecule has 94 valence electrons. The van der Waals surface area contributed by atoms with Gasteiger partial charge in [-0.2, -0.15) is 0 Å². The van der Waals surface area contributed by atoms with Crippen molar-refractivity contribution in [1.29, 1.82) is 0 Å². The number of carbonyl (C=O) groups is 1. The Balaban J connectivity index is 2.06. The smallest absolute Gasteiger partial charge is 0.217 e. The summed E-state index contributed by atoms with van der Waals surface area (Å²) >= 11 is 0. The van der Waals surface area contributed by atoms with Crippen molar-refractivity contribution in [3.63, 3.8) is 0 Å². The van der Waals surface area contributed by atoms with E-state index in [9.17, 15) is 9.18 Å². The summed E-state index contributed by atoms with van der Waals surface area (Å²) in [5.41, 5.74) is 0.885. The van der Waals surface area contributed by atoms with Gasteiger partial charge in [-0.05, 0) is 30.8 Å². The van der Waals surface area contributed by atoms with Crippen molar-refractivity contribution in [3.8, 4) is 0 Å². The summed E-state index contributed by atoms with van der Waals surface area (Å²) in [7, 11) is 0. The fraction of sp³-hybridized carbons (Fsp3) is 0.643. The van der Waals surface area contributed by atoms with E-state index in [-0.39, 0.29) is 17.8 Å². The van der Waals surface area contributed by atoms with E-state index in [0.717, 1.165) is 18.4 Å². The predicted octanol–water partition coefficient (Wildman–Crippen LogP) is 3.25. The molecule has 2 aliphatic rings. The number of hydrogen-bond donors (Lipinski definition) is 1. The molecule has 2 nitrogen and oxygen atoms in total. The average Bonchev–Trinajstić information content (AvgIpc) is 2.73. The molecule has 0 aliphatic heterocycles. The lowest BCUT2D eigenvalue weighted by molar-refractivity contribution is -0.119. The molecular formula is C14H20FNO. The zero-order chi connectivity index (χ0) is 12.3. The largest absolute Gasteiger partial charge is 0.350 e. The van der Waals surface area contributed by atoms with Gasteiger partial charge < -0.3 is 5.32 Å². The molecule has 0 bridgehead atoms. The molecule has 1 saturated carbocycles. The maximum atomic E-state index is 14.0. The molecule has 1 unspecified atom stereocenters. The molecule has 0 spiro atoms. The van der Waals surface area contributed by atoms with Gasteiger partial charge in [-0.15, -0.1) is 0 Å². The quantitative estimate of drug-likeness (QED) is 0.784. The van der Waals surface area contributed by atoms with Crippen LogP contribution in [-0.4, -0.2) is 11.9 Å². The van der Waals surface area contributed by atoms with Crippen LogP contribution in [0, 0.1) is 5.92 Å². The van der Waals surface area contributed by atoms with Crippen molar-refractivity contribution in [2.24, 2.45) is 5.92 Å². The molecule has 1 N–H and O–H groups in total. The Morgan fingerprint density at radius 1 is 1.35 bits per heavy atom. The maximum Gasteiger partial charge on any atom is 0.217 e. The van der Waals surface area contributed by atoms with E-state index in [1.54, 1.807) is 0 Å². The van der Waals surface area contributed by atoms with Crippen molar-refractivity contribution in [2.45, 2.75) is 51.5 Å². The lowest BCUT2D eigenvalue weighted by Gasteiger charge is -2.10. The van der Waals surface area contributed by atoms with Crippen molar-refractivity contribution in [1.82, 2.24) is 5.32 Å². The molecule has 1 fully saturated rings. The van der Waals surface area contributed by atoms with E-state index in [1.165, 1.54) is 19.8 Å². The van der Waals surface area contributed by atoms with Crippen LogP contribution in [0.2, 0.25) is 0 Å². The number of halogens is 1. The first-order valence-electron chi connectivity index (χ1n) is 6.50. The normalized spacial score (nSPS) is 26.1. The van der Waals surface area contributed by atoms with Gasteiger partial charge in [0, 0.05) is 19.4 Å². The van der Waals surface area contributed by atoms with Crippen molar-refractivity contribution in [2.75, 3.05) is 0 Å². The number of hydrogen-bond acceptors (Lipinski definition) is 1. The Bertz CT molecular complexity index is 353. The molecule has 2 rings (SSSR count). The molecule has 17 heavy (non-hydrogen) atoms. The van der Waals surface area contributed by atoms with E-state index in [1.807, 2.05) is 12.2 Å². The van der Waals surface area contributed by atoms with Gasteiger partial charge in [0.05, 0.1) is 0 Å². The van der Waals surface area contributed by atoms with Crippen LogP contribution in [0.1, 0.15) is 45.4 Å². The topological polar surface area (TPSA) is 29.1 Å². The molecule has 1 amide bonds. The van der Waals surface area contributed by atoms with Crippen LogP contribution in [0.15, 0.2) is 23.6 Å². The summed E-state index contributed by atoms with van der Waals surface area (Å²) in [5, 5.41) is 2.83. The van der Waals surface area contributed by atoms with Gasteiger partial charge in [-0.25, -0.2) is 4.39 Å². The van der Waals surface area contributed by atoms with Crippen LogP contribution >= 0.6 is 0 Å². The highest BCUT2D eigenvalue weighted by Crippen LogP contribution is 2.36. The number of nitrogens with one attached hydrogen (secondary N) is 1. The third-order valence-electron chi connectivity index (χ3n) is 3.68. The monoisotopic (exact) mass is 237 g/mol. The molecule has 1 atom stereocenters. The first-order chi connectivity index (χ1) is 8.16. The SMILES string of the molecule is CC(=O)NC1C=CC(C2CCCC2)=C(F)CC1. The lowest BCUT2D eigenvalue weighted by Crippen LogP contribution is -2.30. The summed E-state index contributed by atoms with van der Waals surface area (Å²) in [6.45, 7) is 1.50. The van der Waals surface area contributed by atoms with Crippen LogP contribution in [0.3, 0.4) is 0 Å². The minimum absolute atomic E-state index is 0.0165. The number of allylic oxidation sites excluding steroid dienone is 3. The average molecular weight is 237 g/mol. The Labute approximate surface area is 102 Å². The van der Waals surface area contributed by atoms with E-state index < -0.39 is 0 Å². The highest BCUT2D eigenvalue weighted by molar-refractivity contribution is 5.73. The standard InChI is InChI=1S/C14H20FNO/c1-10(17)16-12-6-8-13(14(15)9-7-12)11-4-2-3-5-11/h6,8,11-12H,2-5,7,9H2,1H3,(H,16,17). The molecule has 0 heterocycles. The van der Waals surface area contributed by atoms with Gasteiger partial charge in [0.15, 0.2) is 0 Å². The highest BCUT2D eigenvalue weighted by Gasteiger charge is 2.23.